The SMILES string of the molecule is CCC(C)(C)CCNC(=O)C1CC(CN)C(C)(C)S1(=O)=O. The standard InChI is InChI=1S/C15H30N2O3S/c1-6-14(2,3)7-8-17-13(18)12-9-11(10-16)15(4,5)21(12,19)20/h11-12H,6-10,16H2,1-5H3,(H,17,18). The van der Waals surface area contributed by atoms with Gasteiger partial charge in [-0.25, -0.2) is 8.42 Å². The molecule has 124 valence electrons. The molecule has 1 heterocycles. The van der Waals surface area contributed by atoms with Crippen LogP contribution in [0.15, 0.2) is 0 Å². The van der Waals surface area contributed by atoms with Gasteiger partial charge in [0, 0.05) is 6.54 Å². The molecule has 6 heteroatoms. The molecular formula is C15H30N2O3S. The van der Waals surface area contributed by atoms with Crippen molar-refractivity contribution in [3.8, 4) is 0 Å². The maximum absolute atomic E-state index is 12.5. The first-order valence-corrected chi connectivity index (χ1v) is 9.25. The summed E-state index contributed by atoms with van der Waals surface area (Å²) in [5, 5.41) is 1.84. The molecule has 0 aromatic rings. The molecule has 1 rings (SSSR count). The second-order valence-corrected chi connectivity index (χ2v) is 10.1. The Kier molecular flexibility index (Phi) is 5.48. The zero-order chi connectivity index (χ0) is 16.5. The van der Waals surface area contributed by atoms with Gasteiger partial charge in [0.05, 0.1) is 4.75 Å². The fraction of sp³-hybridized carbons (Fsp3) is 0.933. The van der Waals surface area contributed by atoms with Crippen molar-refractivity contribution < 1.29 is 13.2 Å². The Morgan fingerprint density at radius 1 is 1.38 bits per heavy atom. The van der Waals surface area contributed by atoms with Gasteiger partial charge >= 0.3 is 0 Å². The molecule has 3 N–H and O–H groups in total. The first-order valence-electron chi connectivity index (χ1n) is 7.71. The Labute approximate surface area is 129 Å². The molecule has 1 fully saturated rings. The number of rotatable bonds is 6. The summed E-state index contributed by atoms with van der Waals surface area (Å²) in [6, 6.07) is 0. The molecule has 0 aliphatic carbocycles. The van der Waals surface area contributed by atoms with Gasteiger partial charge in [-0.3, -0.25) is 4.79 Å². The zero-order valence-electron chi connectivity index (χ0n) is 13.9. The monoisotopic (exact) mass is 318 g/mol. The number of sulfone groups is 1. The molecular weight excluding hydrogens is 288 g/mol. The maximum Gasteiger partial charge on any atom is 0.238 e. The third-order valence-corrected chi connectivity index (χ3v) is 8.18. The van der Waals surface area contributed by atoms with Crippen molar-refractivity contribution in [2.75, 3.05) is 13.1 Å². The maximum atomic E-state index is 12.5. The van der Waals surface area contributed by atoms with Crippen LogP contribution in [0.4, 0.5) is 0 Å². The average molecular weight is 318 g/mol. The third-order valence-electron chi connectivity index (χ3n) is 5.22. The summed E-state index contributed by atoms with van der Waals surface area (Å²) in [5.74, 6) is -0.531. The quantitative estimate of drug-likeness (QED) is 0.776. The van der Waals surface area contributed by atoms with Gasteiger partial charge in [0.1, 0.15) is 5.25 Å². The van der Waals surface area contributed by atoms with Crippen LogP contribution in [0.1, 0.15) is 53.9 Å². The lowest BCUT2D eigenvalue weighted by atomic mass is 9.86. The highest BCUT2D eigenvalue weighted by molar-refractivity contribution is 7.94. The minimum absolute atomic E-state index is 0.154. The van der Waals surface area contributed by atoms with Gasteiger partial charge < -0.3 is 11.1 Å². The van der Waals surface area contributed by atoms with Crippen molar-refractivity contribution in [1.82, 2.24) is 5.32 Å². The van der Waals surface area contributed by atoms with Crippen LogP contribution in [-0.2, 0) is 14.6 Å². The summed E-state index contributed by atoms with van der Waals surface area (Å²) < 4.78 is 24.1. The predicted molar refractivity (Wildman–Crippen MR) is 85.6 cm³/mol. The number of hydrogen-bond donors (Lipinski definition) is 2. The number of hydrogen-bond acceptors (Lipinski definition) is 4. The number of nitrogens with one attached hydrogen (secondary N) is 1. The van der Waals surface area contributed by atoms with E-state index in [9.17, 15) is 13.2 Å². The van der Waals surface area contributed by atoms with Gasteiger partial charge in [0.25, 0.3) is 0 Å². The van der Waals surface area contributed by atoms with Gasteiger partial charge in [-0.2, -0.15) is 0 Å². The number of amides is 1. The number of nitrogens with two attached hydrogens (primary N) is 1. The van der Waals surface area contributed by atoms with E-state index in [4.69, 9.17) is 5.73 Å². The fourth-order valence-electron chi connectivity index (χ4n) is 2.71. The summed E-state index contributed by atoms with van der Waals surface area (Å²) >= 11 is 0. The Morgan fingerprint density at radius 2 is 1.95 bits per heavy atom. The molecule has 0 radical (unpaired) electrons. The lowest BCUT2D eigenvalue weighted by molar-refractivity contribution is -0.120. The van der Waals surface area contributed by atoms with Crippen LogP contribution >= 0.6 is 0 Å². The normalized spacial score (nSPS) is 27.5. The van der Waals surface area contributed by atoms with Crippen molar-refractivity contribution >= 4 is 15.7 Å². The topological polar surface area (TPSA) is 89.3 Å². The molecule has 5 nitrogen and oxygen atoms in total. The second-order valence-electron chi connectivity index (χ2n) is 7.36. The number of carbonyl (C=O) groups is 1. The van der Waals surface area contributed by atoms with Crippen LogP contribution < -0.4 is 11.1 Å². The van der Waals surface area contributed by atoms with E-state index >= 15 is 0 Å². The van der Waals surface area contributed by atoms with Crippen molar-refractivity contribution in [3.05, 3.63) is 0 Å². The molecule has 1 aliphatic rings. The Morgan fingerprint density at radius 3 is 2.38 bits per heavy atom. The Hall–Kier alpha value is -0.620. The van der Waals surface area contributed by atoms with E-state index in [1.807, 2.05) is 0 Å². The molecule has 2 atom stereocenters. The van der Waals surface area contributed by atoms with Crippen LogP contribution in [0.25, 0.3) is 0 Å². The molecule has 1 amide bonds. The van der Waals surface area contributed by atoms with E-state index in [0.717, 1.165) is 12.8 Å². The number of carbonyl (C=O) groups excluding carboxylic acids is 1. The summed E-state index contributed by atoms with van der Waals surface area (Å²) in [7, 11) is -3.49. The van der Waals surface area contributed by atoms with Crippen molar-refractivity contribution in [3.63, 3.8) is 0 Å². The van der Waals surface area contributed by atoms with Gasteiger partial charge in [0.2, 0.25) is 5.91 Å². The second kappa shape index (κ2) is 6.24. The van der Waals surface area contributed by atoms with Gasteiger partial charge in [0.15, 0.2) is 9.84 Å². The predicted octanol–water partition coefficient (Wildman–Crippen LogP) is 1.47. The van der Waals surface area contributed by atoms with E-state index < -0.39 is 19.8 Å². The van der Waals surface area contributed by atoms with Crippen LogP contribution in [0, 0.1) is 11.3 Å². The van der Waals surface area contributed by atoms with E-state index in [-0.39, 0.29) is 17.2 Å². The molecule has 1 aliphatic heterocycles. The van der Waals surface area contributed by atoms with E-state index in [0.29, 0.717) is 19.5 Å². The molecule has 0 saturated carbocycles. The van der Waals surface area contributed by atoms with Crippen molar-refractivity contribution in [2.45, 2.75) is 63.9 Å². The molecule has 0 aromatic heterocycles. The van der Waals surface area contributed by atoms with Crippen LogP contribution in [0.3, 0.4) is 0 Å². The molecule has 2 unspecified atom stereocenters. The first-order chi connectivity index (χ1) is 9.49. The zero-order valence-corrected chi connectivity index (χ0v) is 14.7. The highest BCUT2D eigenvalue weighted by atomic mass is 32.2. The smallest absolute Gasteiger partial charge is 0.238 e. The minimum Gasteiger partial charge on any atom is -0.355 e. The molecule has 0 aromatic carbocycles. The average Bonchev–Trinajstić information content (AvgIpc) is 2.56. The van der Waals surface area contributed by atoms with E-state index in [1.54, 1.807) is 13.8 Å². The van der Waals surface area contributed by atoms with E-state index in [2.05, 4.69) is 26.1 Å². The summed E-state index contributed by atoms with van der Waals surface area (Å²) in [6.45, 7) is 10.5. The Balaban J connectivity index is 2.72. The lowest BCUT2D eigenvalue weighted by Crippen LogP contribution is -2.43. The minimum atomic E-state index is -3.49. The van der Waals surface area contributed by atoms with Gasteiger partial charge in [-0.15, -0.1) is 0 Å². The molecule has 0 spiro atoms. The first kappa shape index (κ1) is 18.4. The molecule has 21 heavy (non-hydrogen) atoms. The highest BCUT2D eigenvalue weighted by Gasteiger charge is 2.55. The van der Waals surface area contributed by atoms with Crippen LogP contribution in [0.5, 0.6) is 0 Å². The lowest BCUT2D eigenvalue weighted by Gasteiger charge is -2.24. The summed E-state index contributed by atoms with van der Waals surface area (Å²) in [6.07, 6.45) is 2.19. The molecule has 1 saturated heterocycles. The largest absolute Gasteiger partial charge is 0.355 e. The highest BCUT2D eigenvalue weighted by Crippen LogP contribution is 2.41. The molecule has 0 bridgehead atoms. The third kappa shape index (κ3) is 3.59. The van der Waals surface area contributed by atoms with Gasteiger partial charge in [-0.05, 0) is 44.6 Å². The van der Waals surface area contributed by atoms with E-state index in [1.165, 1.54) is 0 Å². The summed E-state index contributed by atoms with van der Waals surface area (Å²) in [5.41, 5.74) is 5.83. The van der Waals surface area contributed by atoms with Crippen molar-refractivity contribution in [1.29, 1.82) is 0 Å². The Bertz CT molecular complexity index is 483. The van der Waals surface area contributed by atoms with Crippen molar-refractivity contribution in [2.24, 2.45) is 17.1 Å². The van der Waals surface area contributed by atoms with Crippen LogP contribution in [0.2, 0.25) is 0 Å². The van der Waals surface area contributed by atoms with Crippen LogP contribution in [-0.4, -0.2) is 37.4 Å². The summed E-state index contributed by atoms with van der Waals surface area (Å²) in [4.78, 5) is 12.3. The fourth-order valence-corrected chi connectivity index (χ4v) is 4.95. The van der Waals surface area contributed by atoms with Gasteiger partial charge in [-0.1, -0.05) is 27.2 Å².